The maximum atomic E-state index is 11.4. The average Bonchev–Trinajstić information content (AvgIpc) is 2.21. The maximum Gasteiger partial charge on any atom is 0.329 e. The van der Waals surface area contributed by atoms with Gasteiger partial charge in [0.25, 0.3) is 0 Å². The number of nitrogens with one attached hydrogen (secondary N) is 1. The van der Waals surface area contributed by atoms with E-state index in [9.17, 15) is 9.59 Å². The molecule has 0 saturated heterocycles. The second-order valence-electron chi connectivity index (χ2n) is 3.20. The minimum Gasteiger partial charge on any atom is -0.480 e. The number of hydrogen-bond acceptors (Lipinski definition) is 4. The van der Waals surface area contributed by atoms with Gasteiger partial charge in [0.15, 0.2) is 0 Å². The number of carboxylic acids is 1. The Bertz CT molecular complexity index is 436. The molecule has 0 aliphatic rings. The SMILES string of the molecule is Cc1nc(Br)ccc1NC(=O)COCC(=O)O. The lowest BCUT2D eigenvalue weighted by Gasteiger charge is -2.07. The number of rotatable bonds is 5. The van der Waals surface area contributed by atoms with Crippen LogP contribution in [0.15, 0.2) is 16.7 Å². The highest BCUT2D eigenvalue weighted by Crippen LogP contribution is 2.15. The Balaban J connectivity index is 2.48. The van der Waals surface area contributed by atoms with Crippen LogP contribution in [0.1, 0.15) is 5.69 Å². The third-order valence-corrected chi connectivity index (χ3v) is 2.23. The topological polar surface area (TPSA) is 88.5 Å². The molecular formula is C10H11BrN2O4. The van der Waals surface area contributed by atoms with E-state index in [2.05, 4.69) is 31.0 Å². The van der Waals surface area contributed by atoms with Gasteiger partial charge in [-0.25, -0.2) is 9.78 Å². The summed E-state index contributed by atoms with van der Waals surface area (Å²) in [7, 11) is 0. The number of ether oxygens (including phenoxy) is 1. The van der Waals surface area contributed by atoms with Crippen molar-refractivity contribution < 1.29 is 19.4 Å². The number of amides is 1. The molecule has 17 heavy (non-hydrogen) atoms. The first-order valence-electron chi connectivity index (χ1n) is 4.71. The zero-order chi connectivity index (χ0) is 12.8. The van der Waals surface area contributed by atoms with Crippen molar-refractivity contribution in [2.45, 2.75) is 6.92 Å². The summed E-state index contributed by atoms with van der Waals surface area (Å²) >= 11 is 3.21. The number of halogens is 1. The highest BCUT2D eigenvalue weighted by atomic mass is 79.9. The Morgan fingerprint density at radius 1 is 1.47 bits per heavy atom. The molecule has 0 saturated carbocycles. The zero-order valence-electron chi connectivity index (χ0n) is 9.07. The van der Waals surface area contributed by atoms with Gasteiger partial charge >= 0.3 is 5.97 Å². The molecule has 7 heteroatoms. The molecule has 0 unspecified atom stereocenters. The van der Waals surface area contributed by atoms with Crippen LogP contribution in [0.2, 0.25) is 0 Å². The van der Waals surface area contributed by atoms with Crippen LogP contribution in [-0.2, 0) is 14.3 Å². The number of aromatic nitrogens is 1. The van der Waals surface area contributed by atoms with Crippen LogP contribution in [0, 0.1) is 6.92 Å². The fourth-order valence-electron chi connectivity index (χ4n) is 1.08. The fraction of sp³-hybridized carbons (Fsp3) is 0.300. The Kier molecular flexibility index (Phi) is 5.05. The van der Waals surface area contributed by atoms with Crippen molar-refractivity contribution in [3.63, 3.8) is 0 Å². The number of pyridine rings is 1. The molecular weight excluding hydrogens is 292 g/mol. The van der Waals surface area contributed by atoms with E-state index in [0.717, 1.165) is 0 Å². The Hall–Kier alpha value is -1.47. The summed E-state index contributed by atoms with van der Waals surface area (Å²) in [4.78, 5) is 25.6. The molecule has 1 aromatic rings. The molecule has 0 atom stereocenters. The van der Waals surface area contributed by atoms with E-state index in [1.807, 2.05) is 0 Å². The summed E-state index contributed by atoms with van der Waals surface area (Å²) in [6.45, 7) is 0.950. The fourth-order valence-corrected chi connectivity index (χ4v) is 1.48. The average molecular weight is 303 g/mol. The molecule has 0 aliphatic carbocycles. The van der Waals surface area contributed by atoms with E-state index in [0.29, 0.717) is 16.0 Å². The van der Waals surface area contributed by atoms with E-state index in [1.165, 1.54) is 0 Å². The van der Waals surface area contributed by atoms with Gasteiger partial charge in [0, 0.05) is 0 Å². The molecule has 1 rings (SSSR count). The lowest BCUT2D eigenvalue weighted by Crippen LogP contribution is -2.21. The van der Waals surface area contributed by atoms with Crippen LogP contribution in [0.4, 0.5) is 5.69 Å². The van der Waals surface area contributed by atoms with Crippen LogP contribution < -0.4 is 5.32 Å². The van der Waals surface area contributed by atoms with Gasteiger partial charge in [0.05, 0.1) is 11.4 Å². The summed E-state index contributed by atoms with van der Waals surface area (Å²) in [5.41, 5.74) is 1.23. The number of anilines is 1. The second-order valence-corrected chi connectivity index (χ2v) is 4.01. The minimum atomic E-state index is -1.11. The standard InChI is InChI=1S/C10H11BrN2O4/c1-6-7(2-3-8(11)12-6)13-9(14)4-17-5-10(15)16/h2-3H,4-5H2,1H3,(H,13,14)(H,15,16). The first kappa shape index (κ1) is 13.6. The molecule has 92 valence electrons. The third-order valence-electron chi connectivity index (χ3n) is 1.78. The largest absolute Gasteiger partial charge is 0.480 e. The van der Waals surface area contributed by atoms with Gasteiger partial charge < -0.3 is 15.2 Å². The number of carbonyl (C=O) groups excluding carboxylic acids is 1. The van der Waals surface area contributed by atoms with E-state index < -0.39 is 18.5 Å². The quantitative estimate of drug-likeness (QED) is 0.798. The van der Waals surface area contributed by atoms with E-state index in [4.69, 9.17) is 5.11 Å². The normalized spacial score (nSPS) is 10.0. The van der Waals surface area contributed by atoms with Gasteiger partial charge in [-0.15, -0.1) is 0 Å². The number of carboxylic acid groups (broad SMARTS) is 1. The van der Waals surface area contributed by atoms with Crippen molar-refractivity contribution >= 4 is 33.5 Å². The highest BCUT2D eigenvalue weighted by Gasteiger charge is 2.07. The first-order valence-corrected chi connectivity index (χ1v) is 5.51. The monoisotopic (exact) mass is 302 g/mol. The molecule has 0 aliphatic heterocycles. The number of carbonyl (C=O) groups is 2. The van der Waals surface area contributed by atoms with E-state index >= 15 is 0 Å². The van der Waals surface area contributed by atoms with Crippen LogP contribution in [-0.4, -0.2) is 35.2 Å². The van der Waals surface area contributed by atoms with Crippen molar-refractivity contribution in [2.75, 3.05) is 18.5 Å². The maximum absolute atomic E-state index is 11.4. The predicted octanol–water partition coefficient (Wildman–Crippen LogP) is 1.19. The van der Waals surface area contributed by atoms with E-state index in [-0.39, 0.29) is 6.61 Å². The van der Waals surface area contributed by atoms with Crippen molar-refractivity contribution in [3.05, 3.63) is 22.4 Å². The summed E-state index contributed by atoms with van der Waals surface area (Å²) in [6, 6.07) is 3.39. The molecule has 1 aromatic heterocycles. The van der Waals surface area contributed by atoms with Crippen LogP contribution >= 0.6 is 15.9 Å². The molecule has 0 spiro atoms. The summed E-state index contributed by atoms with van der Waals surface area (Å²) in [5.74, 6) is -1.53. The summed E-state index contributed by atoms with van der Waals surface area (Å²) in [6.07, 6.45) is 0. The Labute approximate surface area is 106 Å². The molecule has 1 heterocycles. The molecule has 0 aromatic carbocycles. The van der Waals surface area contributed by atoms with Crippen molar-refractivity contribution in [1.29, 1.82) is 0 Å². The highest BCUT2D eigenvalue weighted by molar-refractivity contribution is 9.10. The second kappa shape index (κ2) is 6.31. The van der Waals surface area contributed by atoms with Gasteiger partial charge in [-0.05, 0) is 35.0 Å². The lowest BCUT2D eigenvalue weighted by molar-refractivity contribution is -0.143. The molecule has 6 nitrogen and oxygen atoms in total. The van der Waals surface area contributed by atoms with Crippen molar-refractivity contribution in [3.8, 4) is 0 Å². The van der Waals surface area contributed by atoms with Gasteiger partial charge in [0.1, 0.15) is 17.8 Å². The minimum absolute atomic E-state index is 0.304. The number of aryl methyl sites for hydroxylation is 1. The van der Waals surface area contributed by atoms with Gasteiger partial charge in [0.2, 0.25) is 5.91 Å². The first-order chi connectivity index (χ1) is 7.99. The molecule has 0 fully saturated rings. The zero-order valence-corrected chi connectivity index (χ0v) is 10.7. The van der Waals surface area contributed by atoms with Crippen LogP contribution in [0.5, 0.6) is 0 Å². The van der Waals surface area contributed by atoms with Gasteiger partial charge in [-0.1, -0.05) is 0 Å². The molecule has 0 bridgehead atoms. The van der Waals surface area contributed by atoms with Crippen molar-refractivity contribution in [1.82, 2.24) is 4.98 Å². The number of nitrogens with zero attached hydrogens (tertiary/aromatic N) is 1. The molecule has 0 radical (unpaired) electrons. The van der Waals surface area contributed by atoms with Gasteiger partial charge in [-0.2, -0.15) is 0 Å². The third kappa shape index (κ3) is 4.92. The molecule has 1 amide bonds. The predicted molar refractivity (Wildman–Crippen MR) is 63.8 cm³/mol. The number of aliphatic carboxylic acids is 1. The number of hydrogen-bond donors (Lipinski definition) is 2. The van der Waals surface area contributed by atoms with Crippen LogP contribution in [0.3, 0.4) is 0 Å². The van der Waals surface area contributed by atoms with Crippen LogP contribution in [0.25, 0.3) is 0 Å². The summed E-state index contributed by atoms with van der Waals surface area (Å²) in [5, 5.41) is 10.9. The Morgan fingerprint density at radius 3 is 2.76 bits per heavy atom. The van der Waals surface area contributed by atoms with E-state index in [1.54, 1.807) is 19.1 Å². The smallest absolute Gasteiger partial charge is 0.329 e. The lowest BCUT2D eigenvalue weighted by atomic mass is 10.3. The van der Waals surface area contributed by atoms with Crippen molar-refractivity contribution in [2.24, 2.45) is 0 Å². The molecule has 2 N–H and O–H groups in total. The van der Waals surface area contributed by atoms with Gasteiger partial charge in [-0.3, -0.25) is 4.79 Å². The summed E-state index contributed by atoms with van der Waals surface area (Å²) < 4.78 is 5.33. The Morgan fingerprint density at radius 2 is 2.18 bits per heavy atom.